The van der Waals surface area contributed by atoms with E-state index in [-0.39, 0.29) is 0 Å². The minimum atomic E-state index is 1.09. The van der Waals surface area contributed by atoms with Gasteiger partial charge in [-0.15, -0.1) is 0 Å². The van der Waals surface area contributed by atoms with Gasteiger partial charge in [0.05, 0.1) is 16.7 Å². The Kier molecular flexibility index (Phi) is 8.55. The van der Waals surface area contributed by atoms with Gasteiger partial charge in [-0.05, 0) is 93.5 Å². The molecule has 0 bridgehead atoms. The highest BCUT2D eigenvalue weighted by atomic mass is 15.1. The molecule has 1 aromatic heterocycles. The van der Waals surface area contributed by atoms with Crippen LogP contribution >= 0.6 is 0 Å². The molecule has 0 atom stereocenters. The summed E-state index contributed by atoms with van der Waals surface area (Å²) in [4.78, 5) is 2.36. The van der Waals surface area contributed by atoms with Crippen molar-refractivity contribution in [1.29, 1.82) is 0 Å². The van der Waals surface area contributed by atoms with E-state index in [9.17, 15) is 0 Å². The molecule has 2 heteroatoms. The van der Waals surface area contributed by atoms with Crippen molar-refractivity contribution in [2.24, 2.45) is 0 Å². The second-order valence-electron chi connectivity index (χ2n) is 14.1. The summed E-state index contributed by atoms with van der Waals surface area (Å²) in [6.07, 6.45) is 0. The largest absolute Gasteiger partial charge is 0.310 e. The molecule has 10 rings (SSSR count). The zero-order valence-corrected chi connectivity index (χ0v) is 30.8. The van der Waals surface area contributed by atoms with Gasteiger partial charge in [0.2, 0.25) is 0 Å². The molecule has 0 N–H and O–H groups in total. The minimum absolute atomic E-state index is 1.09. The fraction of sp³-hybridized carbons (Fsp3) is 0. The number of hydrogen-bond acceptors (Lipinski definition) is 1. The summed E-state index contributed by atoms with van der Waals surface area (Å²) in [7, 11) is 0. The highest BCUT2D eigenvalue weighted by Crippen LogP contribution is 2.44. The van der Waals surface area contributed by atoms with Crippen LogP contribution in [-0.4, -0.2) is 4.57 Å². The van der Waals surface area contributed by atoms with Gasteiger partial charge in [-0.1, -0.05) is 176 Å². The van der Waals surface area contributed by atoms with E-state index in [1.165, 1.54) is 66.3 Å². The molecule has 10 aromatic rings. The van der Waals surface area contributed by atoms with Crippen LogP contribution in [0.25, 0.3) is 72.0 Å². The normalized spacial score (nSPS) is 11.2. The van der Waals surface area contributed by atoms with E-state index in [4.69, 9.17) is 0 Å². The fourth-order valence-electron chi connectivity index (χ4n) is 8.26. The first-order chi connectivity index (χ1) is 27.8. The zero-order chi connectivity index (χ0) is 37.3. The topological polar surface area (TPSA) is 8.17 Å². The molecule has 0 aliphatic rings. The Hall–Kier alpha value is -7.42. The van der Waals surface area contributed by atoms with Gasteiger partial charge < -0.3 is 9.47 Å². The molecule has 0 amide bonds. The number of aromatic nitrogens is 1. The number of benzene rings is 9. The third kappa shape index (κ3) is 5.95. The number of rotatable bonds is 8. The third-order valence-corrected chi connectivity index (χ3v) is 10.8. The minimum Gasteiger partial charge on any atom is -0.310 e. The van der Waals surface area contributed by atoms with Crippen molar-refractivity contribution in [3.63, 3.8) is 0 Å². The van der Waals surface area contributed by atoms with E-state index >= 15 is 0 Å². The van der Waals surface area contributed by atoms with Crippen molar-refractivity contribution in [3.05, 3.63) is 231 Å². The summed E-state index contributed by atoms with van der Waals surface area (Å²) >= 11 is 0. The molecule has 1 heterocycles. The maximum Gasteiger partial charge on any atom is 0.0541 e. The molecule has 9 aromatic carbocycles. The highest BCUT2D eigenvalue weighted by molar-refractivity contribution is 6.10. The predicted octanol–water partition coefficient (Wildman–Crippen LogP) is 14.9. The first-order valence-electron chi connectivity index (χ1n) is 19.2. The highest BCUT2D eigenvalue weighted by Gasteiger charge is 2.20. The second kappa shape index (κ2) is 14.4. The molecule has 0 saturated heterocycles. The van der Waals surface area contributed by atoms with Crippen LogP contribution in [0, 0.1) is 0 Å². The van der Waals surface area contributed by atoms with Crippen LogP contribution in [0.4, 0.5) is 17.1 Å². The second-order valence-corrected chi connectivity index (χ2v) is 14.1. The Balaban J connectivity index is 1.13. The van der Waals surface area contributed by atoms with Gasteiger partial charge in [-0.3, -0.25) is 0 Å². The average Bonchev–Trinajstić information content (AvgIpc) is 3.62. The first kappa shape index (κ1) is 33.2. The lowest BCUT2D eigenvalue weighted by atomic mass is 9.92. The number of anilines is 3. The van der Waals surface area contributed by atoms with E-state index in [2.05, 4.69) is 240 Å². The maximum atomic E-state index is 2.43. The van der Waals surface area contributed by atoms with Crippen LogP contribution in [0.2, 0.25) is 0 Å². The van der Waals surface area contributed by atoms with E-state index in [1.807, 2.05) is 0 Å². The van der Waals surface area contributed by atoms with Crippen molar-refractivity contribution >= 4 is 38.9 Å². The van der Waals surface area contributed by atoms with Crippen molar-refractivity contribution in [1.82, 2.24) is 4.57 Å². The van der Waals surface area contributed by atoms with Crippen LogP contribution in [0.15, 0.2) is 231 Å². The molecule has 0 spiro atoms. The lowest BCUT2D eigenvalue weighted by molar-refractivity contribution is 1.18. The number of fused-ring (bicyclic) bond motifs is 3. The monoisotopic (exact) mass is 714 g/mol. The molecule has 2 nitrogen and oxygen atoms in total. The fourth-order valence-corrected chi connectivity index (χ4v) is 8.26. The van der Waals surface area contributed by atoms with Crippen molar-refractivity contribution in [3.8, 4) is 50.2 Å². The van der Waals surface area contributed by atoms with Crippen molar-refractivity contribution < 1.29 is 0 Å². The van der Waals surface area contributed by atoms with Gasteiger partial charge in [0.25, 0.3) is 0 Å². The lowest BCUT2D eigenvalue weighted by Gasteiger charge is -2.27. The zero-order valence-electron chi connectivity index (χ0n) is 30.8. The Morgan fingerprint density at radius 1 is 0.268 bits per heavy atom. The van der Waals surface area contributed by atoms with E-state index in [1.54, 1.807) is 0 Å². The quantitative estimate of drug-likeness (QED) is 0.152. The van der Waals surface area contributed by atoms with E-state index in [0.717, 1.165) is 22.7 Å². The molecule has 56 heavy (non-hydrogen) atoms. The van der Waals surface area contributed by atoms with E-state index in [0.29, 0.717) is 0 Å². The molecule has 0 aliphatic carbocycles. The number of nitrogens with zero attached hydrogens (tertiary/aromatic N) is 2. The predicted molar refractivity (Wildman–Crippen MR) is 237 cm³/mol. The van der Waals surface area contributed by atoms with Gasteiger partial charge in [0.1, 0.15) is 0 Å². The summed E-state index contributed by atoms with van der Waals surface area (Å²) in [6, 6.07) is 83.0. The summed E-state index contributed by atoms with van der Waals surface area (Å²) in [5.41, 5.74) is 16.4. The van der Waals surface area contributed by atoms with Gasteiger partial charge in [-0.25, -0.2) is 0 Å². The lowest BCUT2D eigenvalue weighted by Crippen LogP contribution is -2.10. The third-order valence-electron chi connectivity index (χ3n) is 10.8. The van der Waals surface area contributed by atoms with Gasteiger partial charge in [-0.2, -0.15) is 0 Å². The molecule has 264 valence electrons. The molecule has 0 radical (unpaired) electrons. The Bertz CT molecular complexity index is 2890. The molecular formula is C54H38N2. The molecule has 0 unspecified atom stereocenters. The summed E-state index contributed by atoms with van der Waals surface area (Å²) in [5.74, 6) is 0. The van der Waals surface area contributed by atoms with Crippen LogP contribution in [0.3, 0.4) is 0 Å². The van der Waals surface area contributed by atoms with Crippen LogP contribution in [0.1, 0.15) is 0 Å². The van der Waals surface area contributed by atoms with Crippen LogP contribution < -0.4 is 4.90 Å². The van der Waals surface area contributed by atoms with Crippen molar-refractivity contribution in [2.75, 3.05) is 4.90 Å². The summed E-state index contributed by atoms with van der Waals surface area (Å²) < 4.78 is 2.43. The van der Waals surface area contributed by atoms with Crippen molar-refractivity contribution in [2.45, 2.75) is 0 Å². The van der Waals surface area contributed by atoms with Gasteiger partial charge in [0.15, 0.2) is 0 Å². The van der Waals surface area contributed by atoms with Gasteiger partial charge >= 0.3 is 0 Å². The molecule has 0 aliphatic heterocycles. The summed E-state index contributed by atoms with van der Waals surface area (Å²) in [5, 5.41) is 2.51. The molecule has 0 fully saturated rings. The Morgan fingerprint density at radius 3 is 1.30 bits per heavy atom. The molecular weight excluding hydrogens is 677 g/mol. The standard InChI is InChI=1S/C54H38N2/c1-4-18-39(19-5-1)45-24-10-11-25-46(45)41-32-34-43(35-33-41)55(42-22-8-3-9-23-42)44-36-37-47(51(38-44)40-20-6-2-7-21-40)48-26-12-15-29-52(48)56-53-30-16-13-27-49(53)50-28-14-17-31-54(50)56/h1-38H. The average molecular weight is 715 g/mol. The van der Waals surface area contributed by atoms with Gasteiger partial charge in [0, 0.05) is 33.4 Å². The van der Waals surface area contributed by atoms with Crippen LogP contribution in [-0.2, 0) is 0 Å². The molecule has 0 saturated carbocycles. The number of para-hydroxylation sites is 4. The summed E-state index contributed by atoms with van der Waals surface area (Å²) in [6.45, 7) is 0. The first-order valence-corrected chi connectivity index (χ1v) is 19.2. The number of hydrogen-bond donors (Lipinski definition) is 0. The smallest absolute Gasteiger partial charge is 0.0541 e. The SMILES string of the molecule is c1ccc(-c2ccccc2-c2ccc(N(c3ccccc3)c3ccc(-c4ccccc4-n4c5ccccc5c5ccccc54)c(-c4ccccc4)c3)cc2)cc1. The van der Waals surface area contributed by atoms with E-state index < -0.39 is 0 Å². The van der Waals surface area contributed by atoms with Crippen LogP contribution in [0.5, 0.6) is 0 Å². The Labute approximate surface area is 327 Å². The Morgan fingerprint density at radius 2 is 0.696 bits per heavy atom. The maximum absolute atomic E-state index is 2.43.